The molecule has 0 spiro atoms. The van der Waals surface area contributed by atoms with Crippen LogP contribution in [0, 0.1) is 0 Å². The third-order valence-electron chi connectivity index (χ3n) is 3.57. The highest BCUT2D eigenvalue weighted by Crippen LogP contribution is 2.37. The van der Waals surface area contributed by atoms with Crippen molar-refractivity contribution >= 4 is 22.6 Å². The largest absolute Gasteiger partial charge is 0.367 e. The summed E-state index contributed by atoms with van der Waals surface area (Å²) in [5.41, 5.74) is 9.64. The molecule has 1 aromatic carbocycles. The fourth-order valence-corrected chi connectivity index (χ4v) is 3.26. The van der Waals surface area contributed by atoms with Crippen LogP contribution in [0.1, 0.15) is 11.9 Å². The number of rotatable bonds is 2. The molecule has 0 bridgehead atoms. The van der Waals surface area contributed by atoms with Gasteiger partial charge < -0.3 is 19.3 Å². The van der Waals surface area contributed by atoms with Crippen LogP contribution < -0.4 is 0 Å². The second kappa shape index (κ2) is 6.47. The summed E-state index contributed by atoms with van der Waals surface area (Å²) in [6.07, 6.45) is -2.40. The molecule has 3 unspecified atom stereocenters. The van der Waals surface area contributed by atoms with Crippen LogP contribution in [0.2, 0.25) is 0 Å². The Balaban J connectivity index is 1.82. The van der Waals surface area contributed by atoms with Crippen molar-refractivity contribution in [1.82, 2.24) is 0 Å². The third-order valence-corrected chi connectivity index (χ3v) is 4.92. The van der Waals surface area contributed by atoms with Crippen LogP contribution in [-0.2, 0) is 14.2 Å². The molecular formula is C13H14IN3O4. The quantitative estimate of drug-likeness (QED) is 0.270. The SMILES string of the molecule is [N-]=[N+]=NC1C(I)C(O)O[C@@H]2CO[C@@H](c3ccccc3)O[C@@H]12. The standard InChI is InChI=1S/C13H14IN3O4/c14-9-10(16-17-15)11-8(20-12(9)18)6-19-13(21-11)7-4-2-1-3-5-7/h1-5,8-13,18H,6H2/t8-,9?,10?,11-,12?,13-/m1/s1. The second-order valence-electron chi connectivity index (χ2n) is 4.88. The lowest BCUT2D eigenvalue weighted by Crippen LogP contribution is -2.59. The summed E-state index contributed by atoms with van der Waals surface area (Å²) in [4.78, 5) is 2.87. The topological polar surface area (TPSA) is 96.7 Å². The number of hydrogen-bond acceptors (Lipinski definition) is 5. The lowest BCUT2D eigenvalue weighted by atomic mass is 9.98. The molecule has 0 amide bonds. The van der Waals surface area contributed by atoms with Gasteiger partial charge in [-0.15, -0.1) is 0 Å². The molecule has 0 aromatic heterocycles. The number of aliphatic hydroxyl groups is 1. The first-order chi connectivity index (χ1) is 10.2. The Hall–Kier alpha value is -0.900. The van der Waals surface area contributed by atoms with E-state index in [2.05, 4.69) is 10.0 Å². The Kier molecular flexibility index (Phi) is 4.63. The van der Waals surface area contributed by atoms with Crippen molar-refractivity contribution in [1.29, 1.82) is 0 Å². The van der Waals surface area contributed by atoms with Gasteiger partial charge in [-0.25, -0.2) is 0 Å². The highest BCUT2D eigenvalue weighted by molar-refractivity contribution is 14.1. The van der Waals surface area contributed by atoms with Gasteiger partial charge in [0, 0.05) is 10.5 Å². The number of fused-ring (bicyclic) bond motifs is 1. The molecule has 2 saturated heterocycles. The van der Waals surface area contributed by atoms with E-state index in [-0.39, 0.29) is 10.5 Å². The summed E-state index contributed by atoms with van der Waals surface area (Å²) in [5, 5.41) is 13.7. The number of benzene rings is 1. The summed E-state index contributed by atoms with van der Waals surface area (Å²) >= 11 is 2.02. The fourth-order valence-electron chi connectivity index (χ4n) is 2.54. The van der Waals surface area contributed by atoms with Crippen molar-refractivity contribution in [3.63, 3.8) is 0 Å². The number of nitrogens with zero attached hydrogens (tertiary/aromatic N) is 3. The van der Waals surface area contributed by atoms with Crippen LogP contribution in [0.3, 0.4) is 0 Å². The van der Waals surface area contributed by atoms with E-state index in [1.807, 2.05) is 52.9 Å². The first-order valence-corrected chi connectivity index (χ1v) is 7.79. The number of halogens is 1. The molecule has 0 aliphatic carbocycles. The van der Waals surface area contributed by atoms with Crippen molar-refractivity contribution in [2.24, 2.45) is 5.11 Å². The van der Waals surface area contributed by atoms with Crippen molar-refractivity contribution in [3.05, 3.63) is 46.3 Å². The van der Waals surface area contributed by atoms with E-state index in [9.17, 15) is 5.11 Å². The van der Waals surface area contributed by atoms with E-state index in [4.69, 9.17) is 19.7 Å². The van der Waals surface area contributed by atoms with Gasteiger partial charge in [0.15, 0.2) is 12.6 Å². The highest BCUT2D eigenvalue weighted by Gasteiger charge is 2.48. The average molecular weight is 403 g/mol. The first kappa shape index (κ1) is 15.0. The summed E-state index contributed by atoms with van der Waals surface area (Å²) in [7, 11) is 0. The molecule has 112 valence electrons. The van der Waals surface area contributed by atoms with Crippen molar-refractivity contribution < 1.29 is 19.3 Å². The minimum atomic E-state index is -0.997. The van der Waals surface area contributed by atoms with Crippen LogP contribution in [0.25, 0.3) is 10.4 Å². The number of ether oxygens (including phenoxy) is 3. The normalized spacial score (nSPS) is 39.1. The Labute approximate surface area is 135 Å². The highest BCUT2D eigenvalue weighted by atomic mass is 127. The molecule has 8 heteroatoms. The zero-order chi connectivity index (χ0) is 14.8. The van der Waals surface area contributed by atoms with Crippen molar-refractivity contribution in [3.8, 4) is 0 Å². The fraction of sp³-hybridized carbons (Fsp3) is 0.538. The van der Waals surface area contributed by atoms with E-state index in [1.165, 1.54) is 0 Å². The van der Waals surface area contributed by atoms with Crippen LogP contribution in [-0.4, -0.2) is 40.2 Å². The third kappa shape index (κ3) is 3.01. The van der Waals surface area contributed by atoms with Crippen LogP contribution in [0.4, 0.5) is 0 Å². The maximum absolute atomic E-state index is 9.87. The zero-order valence-electron chi connectivity index (χ0n) is 10.9. The molecule has 0 saturated carbocycles. The van der Waals surface area contributed by atoms with E-state index in [0.717, 1.165) is 5.56 Å². The van der Waals surface area contributed by atoms with Crippen LogP contribution >= 0.6 is 22.6 Å². The smallest absolute Gasteiger partial charge is 0.184 e. The lowest BCUT2D eigenvalue weighted by molar-refractivity contribution is -0.310. The van der Waals surface area contributed by atoms with Gasteiger partial charge in [-0.3, -0.25) is 0 Å². The van der Waals surface area contributed by atoms with Crippen LogP contribution in [0.15, 0.2) is 35.4 Å². The summed E-state index contributed by atoms with van der Waals surface area (Å²) in [6.45, 7) is 0.280. The van der Waals surface area contributed by atoms with Gasteiger partial charge in [0.2, 0.25) is 0 Å². The van der Waals surface area contributed by atoms with Gasteiger partial charge in [0.25, 0.3) is 0 Å². The van der Waals surface area contributed by atoms with Gasteiger partial charge in [-0.05, 0) is 5.53 Å². The summed E-state index contributed by atoms with van der Waals surface area (Å²) in [6, 6.07) is 9.04. The molecule has 2 aliphatic rings. The molecule has 3 rings (SSSR count). The molecular weight excluding hydrogens is 389 g/mol. The Morgan fingerprint density at radius 1 is 1.29 bits per heavy atom. The minimum absolute atomic E-state index is 0.280. The molecule has 2 fully saturated rings. The molecule has 1 N–H and O–H groups in total. The predicted octanol–water partition coefficient (Wildman–Crippen LogP) is 2.30. The molecule has 7 nitrogen and oxygen atoms in total. The maximum Gasteiger partial charge on any atom is 0.184 e. The van der Waals surface area contributed by atoms with Gasteiger partial charge >= 0.3 is 0 Å². The van der Waals surface area contributed by atoms with Gasteiger partial charge in [-0.1, -0.05) is 58.0 Å². The molecule has 1 aromatic rings. The van der Waals surface area contributed by atoms with E-state index >= 15 is 0 Å². The van der Waals surface area contributed by atoms with Crippen LogP contribution in [0.5, 0.6) is 0 Å². The summed E-state index contributed by atoms with van der Waals surface area (Å²) in [5.74, 6) is 0. The molecule has 2 heterocycles. The zero-order valence-corrected chi connectivity index (χ0v) is 13.1. The monoisotopic (exact) mass is 403 g/mol. The van der Waals surface area contributed by atoms with Crippen molar-refractivity contribution in [2.45, 2.75) is 34.8 Å². The number of hydrogen-bond donors (Lipinski definition) is 1. The average Bonchev–Trinajstić information content (AvgIpc) is 2.52. The lowest BCUT2D eigenvalue weighted by Gasteiger charge is -2.45. The number of alkyl halides is 1. The Morgan fingerprint density at radius 2 is 2.05 bits per heavy atom. The van der Waals surface area contributed by atoms with Crippen molar-refractivity contribution in [2.75, 3.05) is 6.61 Å². The molecule has 2 aliphatic heterocycles. The minimum Gasteiger partial charge on any atom is -0.367 e. The predicted molar refractivity (Wildman–Crippen MR) is 81.6 cm³/mol. The Bertz CT molecular complexity index is 539. The van der Waals surface area contributed by atoms with E-state index in [0.29, 0.717) is 0 Å². The van der Waals surface area contributed by atoms with E-state index < -0.39 is 30.8 Å². The molecule has 21 heavy (non-hydrogen) atoms. The number of aliphatic hydroxyl groups excluding tert-OH is 1. The second-order valence-corrected chi connectivity index (χ2v) is 6.32. The maximum atomic E-state index is 9.87. The number of azide groups is 1. The Morgan fingerprint density at radius 3 is 2.76 bits per heavy atom. The van der Waals surface area contributed by atoms with Gasteiger partial charge in [0.05, 0.1) is 22.7 Å². The molecule has 0 radical (unpaired) electrons. The van der Waals surface area contributed by atoms with Gasteiger partial charge in [-0.2, -0.15) is 0 Å². The summed E-state index contributed by atoms with van der Waals surface area (Å²) < 4.78 is 16.7. The molecule has 6 atom stereocenters. The van der Waals surface area contributed by atoms with Gasteiger partial charge in [0.1, 0.15) is 6.10 Å². The first-order valence-electron chi connectivity index (χ1n) is 6.54. The van der Waals surface area contributed by atoms with E-state index in [1.54, 1.807) is 0 Å².